The normalized spacial score (nSPS) is 15.4. The van der Waals surface area contributed by atoms with E-state index in [1.165, 1.54) is 5.56 Å². The third-order valence-corrected chi connectivity index (χ3v) is 3.96. The number of nitrogens with two attached hydrogens (primary N) is 1. The molecule has 1 aliphatic heterocycles. The summed E-state index contributed by atoms with van der Waals surface area (Å²) in [5, 5.41) is 0. The molecule has 1 fully saturated rings. The van der Waals surface area contributed by atoms with E-state index in [1.54, 1.807) is 7.11 Å². The minimum absolute atomic E-state index is 0. The fourth-order valence-electron chi connectivity index (χ4n) is 2.28. The van der Waals surface area contributed by atoms with Gasteiger partial charge in [0.15, 0.2) is 5.96 Å². The van der Waals surface area contributed by atoms with Gasteiger partial charge in [-0.1, -0.05) is 22.0 Å². The molecular weight excluding hydrogens is 461 g/mol. The summed E-state index contributed by atoms with van der Waals surface area (Å²) in [7, 11) is 1.69. The highest BCUT2D eigenvalue weighted by Crippen LogP contribution is 2.24. The summed E-state index contributed by atoms with van der Waals surface area (Å²) < 4.78 is 11.7. The van der Waals surface area contributed by atoms with Crippen LogP contribution in [0.25, 0.3) is 0 Å². The van der Waals surface area contributed by atoms with Gasteiger partial charge in [-0.15, -0.1) is 24.0 Å². The summed E-state index contributed by atoms with van der Waals surface area (Å²) in [5.41, 5.74) is 7.19. The summed E-state index contributed by atoms with van der Waals surface area (Å²) in [6.07, 6.45) is 1.87. The maximum absolute atomic E-state index is 5.99. The summed E-state index contributed by atoms with van der Waals surface area (Å²) in [5.74, 6) is 1.54. The van der Waals surface area contributed by atoms with Crippen LogP contribution in [0.4, 0.5) is 0 Å². The van der Waals surface area contributed by atoms with Crippen molar-refractivity contribution in [2.75, 3.05) is 40.0 Å². The highest BCUT2D eigenvalue weighted by atomic mass is 127. The zero-order chi connectivity index (χ0) is 15.1. The van der Waals surface area contributed by atoms with Gasteiger partial charge in [-0.05, 0) is 30.5 Å². The minimum atomic E-state index is 0. The predicted octanol–water partition coefficient (Wildman–Crippen LogP) is 2.66. The van der Waals surface area contributed by atoms with Crippen molar-refractivity contribution in [1.82, 2.24) is 4.90 Å². The lowest BCUT2D eigenvalue weighted by Gasteiger charge is -2.27. The van der Waals surface area contributed by atoms with Crippen LogP contribution in [-0.4, -0.2) is 50.8 Å². The van der Waals surface area contributed by atoms with E-state index in [0.717, 1.165) is 55.9 Å². The molecule has 0 aliphatic carbocycles. The SMILES string of the molecule is COc1cc(Br)ccc1CCCN=C(N)N1CCOCC1.I. The Labute approximate surface area is 157 Å². The van der Waals surface area contributed by atoms with E-state index in [2.05, 4.69) is 31.9 Å². The molecule has 1 saturated heterocycles. The lowest BCUT2D eigenvalue weighted by molar-refractivity contribution is 0.0674. The van der Waals surface area contributed by atoms with Crippen LogP contribution in [0.3, 0.4) is 0 Å². The van der Waals surface area contributed by atoms with Gasteiger partial charge in [0.25, 0.3) is 0 Å². The van der Waals surface area contributed by atoms with Crippen molar-refractivity contribution in [1.29, 1.82) is 0 Å². The number of aryl methyl sites for hydroxylation is 1. The van der Waals surface area contributed by atoms with Gasteiger partial charge in [0.1, 0.15) is 5.75 Å². The Kier molecular flexibility index (Phi) is 9.11. The maximum atomic E-state index is 5.99. The van der Waals surface area contributed by atoms with Crippen LogP contribution in [0.15, 0.2) is 27.7 Å². The second-order valence-electron chi connectivity index (χ2n) is 4.90. The predicted molar refractivity (Wildman–Crippen MR) is 103 cm³/mol. The molecule has 7 heteroatoms. The molecule has 124 valence electrons. The van der Waals surface area contributed by atoms with Gasteiger partial charge < -0.3 is 20.1 Å². The molecule has 0 spiro atoms. The number of methoxy groups -OCH3 is 1. The molecule has 1 aliphatic rings. The molecule has 1 heterocycles. The van der Waals surface area contributed by atoms with Crippen LogP contribution in [0, 0.1) is 0 Å². The Morgan fingerprint density at radius 3 is 2.82 bits per heavy atom. The lowest BCUT2D eigenvalue weighted by Crippen LogP contribution is -2.44. The van der Waals surface area contributed by atoms with E-state index in [1.807, 2.05) is 12.1 Å². The third kappa shape index (κ3) is 5.92. The first-order chi connectivity index (χ1) is 10.2. The lowest BCUT2D eigenvalue weighted by atomic mass is 10.1. The molecule has 0 aromatic heterocycles. The van der Waals surface area contributed by atoms with E-state index in [-0.39, 0.29) is 24.0 Å². The Bertz CT molecular complexity index is 494. The minimum Gasteiger partial charge on any atom is -0.496 e. The number of ether oxygens (including phenoxy) is 2. The van der Waals surface area contributed by atoms with Crippen LogP contribution in [-0.2, 0) is 11.2 Å². The van der Waals surface area contributed by atoms with Gasteiger partial charge in [0.05, 0.1) is 20.3 Å². The van der Waals surface area contributed by atoms with E-state index in [4.69, 9.17) is 15.2 Å². The number of rotatable bonds is 5. The molecule has 1 aromatic carbocycles. The van der Waals surface area contributed by atoms with E-state index >= 15 is 0 Å². The average Bonchev–Trinajstić information content (AvgIpc) is 2.53. The van der Waals surface area contributed by atoms with Crippen LogP contribution in [0.2, 0.25) is 0 Å². The zero-order valence-corrected chi connectivity index (χ0v) is 16.7. The molecule has 0 bridgehead atoms. The van der Waals surface area contributed by atoms with Crippen molar-refractivity contribution in [2.45, 2.75) is 12.8 Å². The number of benzene rings is 1. The molecule has 0 atom stereocenters. The van der Waals surface area contributed by atoms with Crippen molar-refractivity contribution in [2.24, 2.45) is 10.7 Å². The van der Waals surface area contributed by atoms with Crippen LogP contribution in [0.5, 0.6) is 5.75 Å². The number of guanidine groups is 1. The molecule has 5 nitrogen and oxygen atoms in total. The Morgan fingerprint density at radius 1 is 1.41 bits per heavy atom. The van der Waals surface area contributed by atoms with Crippen LogP contribution < -0.4 is 10.5 Å². The zero-order valence-electron chi connectivity index (χ0n) is 12.8. The Hall–Kier alpha value is -0.540. The highest BCUT2D eigenvalue weighted by Gasteiger charge is 2.11. The maximum Gasteiger partial charge on any atom is 0.191 e. The molecule has 22 heavy (non-hydrogen) atoms. The number of hydrogen-bond acceptors (Lipinski definition) is 3. The number of aliphatic imine (C=N–C) groups is 1. The van der Waals surface area contributed by atoms with Gasteiger partial charge in [0, 0.05) is 24.1 Å². The summed E-state index contributed by atoms with van der Waals surface area (Å²) >= 11 is 3.45. The van der Waals surface area contributed by atoms with Crippen molar-refractivity contribution in [3.8, 4) is 5.75 Å². The fourth-order valence-corrected chi connectivity index (χ4v) is 2.62. The summed E-state index contributed by atoms with van der Waals surface area (Å²) in [6.45, 7) is 3.84. The molecule has 2 rings (SSSR count). The first kappa shape index (κ1) is 19.5. The standard InChI is InChI=1S/C15H22BrN3O2.HI/c1-20-14-11-13(16)5-4-12(14)3-2-6-18-15(17)19-7-9-21-10-8-19;/h4-5,11H,2-3,6-10H2,1H3,(H2,17,18);1H. The average molecular weight is 484 g/mol. The van der Waals surface area contributed by atoms with Crippen LogP contribution >= 0.6 is 39.9 Å². The smallest absolute Gasteiger partial charge is 0.191 e. The van der Waals surface area contributed by atoms with Crippen molar-refractivity contribution >= 4 is 45.9 Å². The molecule has 0 saturated carbocycles. The number of hydrogen-bond donors (Lipinski definition) is 1. The van der Waals surface area contributed by atoms with E-state index < -0.39 is 0 Å². The molecule has 0 amide bonds. The van der Waals surface area contributed by atoms with Crippen LogP contribution in [0.1, 0.15) is 12.0 Å². The first-order valence-electron chi connectivity index (χ1n) is 7.15. The van der Waals surface area contributed by atoms with Gasteiger partial charge in [-0.3, -0.25) is 4.99 Å². The first-order valence-corrected chi connectivity index (χ1v) is 7.95. The van der Waals surface area contributed by atoms with Gasteiger partial charge in [-0.25, -0.2) is 0 Å². The fraction of sp³-hybridized carbons (Fsp3) is 0.533. The largest absolute Gasteiger partial charge is 0.496 e. The van der Waals surface area contributed by atoms with Crippen molar-refractivity contribution < 1.29 is 9.47 Å². The Morgan fingerprint density at radius 2 is 2.14 bits per heavy atom. The number of halogens is 2. The molecule has 1 aromatic rings. The second-order valence-corrected chi connectivity index (χ2v) is 5.81. The van der Waals surface area contributed by atoms with Gasteiger partial charge >= 0.3 is 0 Å². The monoisotopic (exact) mass is 483 g/mol. The topological polar surface area (TPSA) is 60.1 Å². The van der Waals surface area contributed by atoms with Crippen molar-refractivity contribution in [3.63, 3.8) is 0 Å². The van der Waals surface area contributed by atoms with Gasteiger partial charge in [-0.2, -0.15) is 0 Å². The van der Waals surface area contributed by atoms with Gasteiger partial charge in [0.2, 0.25) is 0 Å². The third-order valence-electron chi connectivity index (χ3n) is 3.46. The van der Waals surface area contributed by atoms with E-state index in [0.29, 0.717) is 5.96 Å². The number of nitrogens with zero attached hydrogens (tertiary/aromatic N) is 2. The summed E-state index contributed by atoms with van der Waals surface area (Å²) in [4.78, 5) is 6.52. The number of morpholine rings is 1. The quantitative estimate of drug-likeness (QED) is 0.303. The molecule has 0 radical (unpaired) electrons. The second kappa shape index (κ2) is 10.3. The van der Waals surface area contributed by atoms with E-state index in [9.17, 15) is 0 Å². The molecule has 2 N–H and O–H groups in total. The van der Waals surface area contributed by atoms with Crippen molar-refractivity contribution in [3.05, 3.63) is 28.2 Å². The Balaban J connectivity index is 0.00000242. The molecule has 0 unspecified atom stereocenters. The molecular formula is C15H23BrIN3O2. The highest BCUT2D eigenvalue weighted by molar-refractivity contribution is 14.0. The summed E-state index contributed by atoms with van der Waals surface area (Å²) in [6, 6.07) is 6.10.